The molecule has 10 heteroatoms. The number of rotatable bonds is 8. The molecule has 178 valence electrons. The number of hydrogen-bond acceptors (Lipinski definition) is 5. The van der Waals surface area contributed by atoms with Gasteiger partial charge >= 0.3 is 0 Å². The van der Waals surface area contributed by atoms with Gasteiger partial charge in [0.2, 0.25) is 21.8 Å². The number of methoxy groups -OCH3 is 1. The van der Waals surface area contributed by atoms with E-state index in [1.54, 1.807) is 30.3 Å². The summed E-state index contributed by atoms with van der Waals surface area (Å²) in [5.41, 5.74) is 1.06. The molecule has 0 spiro atoms. The van der Waals surface area contributed by atoms with E-state index in [1.807, 2.05) is 0 Å². The Bertz CT molecular complexity index is 1100. The van der Waals surface area contributed by atoms with Crippen molar-refractivity contribution in [3.8, 4) is 5.75 Å². The van der Waals surface area contributed by atoms with Crippen LogP contribution in [0, 0.1) is 0 Å². The minimum absolute atomic E-state index is 0.0146. The Balaban J connectivity index is 1.80. The van der Waals surface area contributed by atoms with Crippen LogP contribution in [0.15, 0.2) is 47.4 Å². The summed E-state index contributed by atoms with van der Waals surface area (Å²) >= 11 is 5.94. The molecule has 33 heavy (non-hydrogen) atoms. The molecule has 1 saturated heterocycles. The van der Waals surface area contributed by atoms with Crippen LogP contribution in [0.3, 0.4) is 0 Å². The second kappa shape index (κ2) is 11.0. The molecule has 8 nitrogen and oxygen atoms in total. The van der Waals surface area contributed by atoms with Gasteiger partial charge in [0.15, 0.2) is 0 Å². The molecule has 1 aliphatic rings. The zero-order chi connectivity index (χ0) is 24.0. The normalized spacial score (nSPS) is 15.5. The SMILES string of the molecule is COc1ccc(NC(=O)CC(NC(C)=O)c2ccc(Cl)cc2)cc1S(=O)(=O)N1CCCCC1. The number of nitrogens with zero attached hydrogens (tertiary/aromatic N) is 1. The molecule has 1 fully saturated rings. The molecule has 1 unspecified atom stereocenters. The monoisotopic (exact) mass is 493 g/mol. The standard InChI is InChI=1S/C23H28ClN3O5S/c1-16(28)25-20(17-6-8-18(24)9-7-17)15-23(29)26-19-10-11-21(32-2)22(14-19)33(30,31)27-12-4-3-5-13-27/h6-11,14,20H,3-5,12-13,15H2,1-2H3,(H,25,28)(H,26,29). The van der Waals surface area contributed by atoms with E-state index < -0.39 is 16.1 Å². The highest BCUT2D eigenvalue weighted by atomic mass is 35.5. The van der Waals surface area contributed by atoms with Gasteiger partial charge in [0.1, 0.15) is 10.6 Å². The largest absolute Gasteiger partial charge is 0.495 e. The van der Waals surface area contributed by atoms with Crippen LogP contribution in [0.2, 0.25) is 5.02 Å². The fourth-order valence-electron chi connectivity index (χ4n) is 3.79. The molecule has 1 aliphatic heterocycles. The number of carbonyl (C=O) groups excluding carboxylic acids is 2. The molecule has 0 bridgehead atoms. The van der Waals surface area contributed by atoms with Crippen molar-refractivity contribution >= 4 is 39.1 Å². The number of carbonyl (C=O) groups is 2. The highest BCUT2D eigenvalue weighted by molar-refractivity contribution is 7.89. The van der Waals surface area contributed by atoms with Gasteiger partial charge in [-0.15, -0.1) is 0 Å². The van der Waals surface area contributed by atoms with E-state index in [9.17, 15) is 18.0 Å². The quantitative estimate of drug-likeness (QED) is 0.583. The van der Waals surface area contributed by atoms with Crippen LogP contribution in [-0.4, -0.2) is 44.7 Å². The average molecular weight is 494 g/mol. The van der Waals surface area contributed by atoms with Crippen molar-refractivity contribution in [1.82, 2.24) is 9.62 Å². The van der Waals surface area contributed by atoms with Crippen LogP contribution in [0.25, 0.3) is 0 Å². The van der Waals surface area contributed by atoms with Crippen molar-refractivity contribution in [2.24, 2.45) is 0 Å². The van der Waals surface area contributed by atoms with Crippen LogP contribution >= 0.6 is 11.6 Å². The third-order valence-electron chi connectivity index (χ3n) is 5.42. The van der Waals surface area contributed by atoms with Gasteiger partial charge in [0.05, 0.1) is 19.6 Å². The summed E-state index contributed by atoms with van der Waals surface area (Å²) in [5.74, 6) is -0.437. The lowest BCUT2D eigenvalue weighted by Gasteiger charge is -2.26. The summed E-state index contributed by atoms with van der Waals surface area (Å²) in [4.78, 5) is 24.5. The van der Waals surface area contributed by atoms with Crippen molar-refractivity contribution in [3.63, 3.8) is 0 Å². The number of sulfonamides is 1. The van der Waals surface area contributed by atoms with Crippen molar-refractivity contribution in [2.75, 3.05) is 25.5 Å². The first kappa shape index (κ1) is 25.0. The Morgan fingerprint density at radius 1 is 1.09 bits per heavy atom. The third-order valence-corrected chi connectivity index (χ3v) is 7.59. The topological polar surface area (TPSA) is 105 Å². The lowest BCUT2D eigenvalue weighted by atomic mass is 10.0. The number of anilines is 1. The van der Waals surface area contributed by atoms with E-state index in [0.29, 0.717) is 23.8 Å². The Labute approximate surface area is 199 Å². The van der Waals surface area contributed by atoms with Crippen LogP contribution in [0.1, 0.15) is 44.2 Å². The molecule has 2 N–H and O–H groups in total. The highest BCUT2D eigenvalue weighted by Crippen LogP contribution is 2.31. The molecule has 3 rings (SSSR count). The predicted octanol–water partition coefficient (Wildman–Crippen LogP) is 3.73. The van der Waals surface area contributed by atoms with Crippen LogP contribution < -0.4 is 15.4 Å². The van der Waals surface area contributed by atoms with Crippen molar-refractivity contribution < 1.29 is 22.7 Å². The van der Waals surface area contributed by atoms with E-state index in [0.717, 1.165) is 24.8 Å². The highest BCUT2D eigenvalue weighted by Gasteiger charge is 2.29. The number of amides is 2. The number of halogens is 1. The maximum atomic E-state index is 13.2. The van der Waals surface area contributed by atoms with E-state index in [1.165, 1.54) is 30.5 Å². The summed E-state index contributed by atoms with van der Waals surface area (Å²) in [5, 5.41) is 6.05. The Hall–Kier alpha value is -2.62. The maximum Gasteiger partial charge on any atom is 0.246 e. The number of ether oxygens (including phenoxy) is 1. The average Bonchev–Trinajstić information content (AvgIpc) is 2.79. The molecule has 2 aromatic rings. The second-order valence-corrected chi connectivity index (χ2v) is 10.2. The Morgan fingerprint density at radius 2 is 1.76 bits per heavy atom. The lowest BCUT2D eigenvalue weighted by Crippen LogP contribution is -2.35. The van der Waals surface area contributed by atoms with Gasteiger partial charge in [-0.2, -0.15) is 4.31 Å². The number of hydrogen-bond donors (Lipinski definition) is 2. The third kappa shape index (κ3) is 6.46. The molecule has 0 aromatic heterocycles. The van der Waals surface area contributed by atoms with Gasteiger partial charge in [-0.1, -0.05) is 30.2 Å². The Kier molecular flexibility index (Phi) is 8.34. The Morgan fingerprint density at radius 3 is 2.36 bits per heavy atom. The number of nitrogens with one attached hydrogen (secondary N) is 2. The van der Waals surface area contributed by atoms with E-state index in [2.05, 4.69) is 10.6 Å². The molecule has 0 saturated carbocycles. The van der Waals surface area contributed by atoms with Crippen molar-refractivity contribution in [3.05, 3.63) is 53.1 Å². The summed E-state index contributed by atoms with van der Waals surface area (Å²) in [6, 6.07) is 10.8. The predicted molar refractivity (Wildman–Crippen MR) is 127 cm³/mol. The van der Waals surface area contributed by atoms with Gasteiger partial charge in [0, 0.05) is 30.7 Å². The van der Waals surface area contributed by atoms with Crippen molar-refractivity contribution in [1.29, 1.82) is 0 Å². The molecule has 0 aliphatic carbocycles. The summed E-state index contributed by atoms with van der Waals surface area (Å²) in [6.07, 6.45) is 2.59. The molecule has 1 atom stereocenters. The zero-order valence-corrected chi connectivity index (χ0v) is 20.2. The van der Waals surface area contributed by atoms with Gasteiger partial charge in [0.25, 0.3) is 0 Å². The molecule has 1 heterocycles. The fourth-order valence-corrected chi connectivity index (χ4v) is 5.62. The summed E-state index contributed by atoms with van der Waals surface area (Å²) in [7, 11) is -2.35. The fraction of sp³-hybridized carbons (Fsp3) is 0.391. The minimum atomic E-state index is -3.76. The molecular weight excluding hydrogens is 466 g/mol. The molecular formula is C23H28ClN3O5S. The molecule has 0 radical (unpaired) electrons. The van der Waals surface area contributed by atoms with E-state index in [-0.39, 0.29) is 28.9 Å². The maximum absolute atomic E-state index is 13.2. The van der Waals surface area contributed by atoms with Crippen LogP contribution in [0.4, 0.5) is 5.69 Å². The summed E-state index contributed by atoms with van der Waals surface area (Å²) < 4.78 is 33.1. The first-order valence-corrected chi connectivity index (χ1v) is 12.5. The first-order valence-electron chi connectivity index (χ1n) is 10.7. The molecule has 2 amide bonds. The van der Waals surface area contributed by atoms with Gasteiger partial charge in [-0.05, 0) is 48.7 Å². The zero-order valence-electron chi connectivity index (χ0n) is 18.6. The lowest BCUT2D eigenvalue weighted by molar-refractivity contribution is -0.120. The van der Waals surface area contributed by atoms with E-state index >= 15 is 0 Å². The number of piperidine rings is 1. The summed E-state index contributed by atoms with van der Waals surface area (Å²) in [6.45, 7) is 2.30. The first-order chi connectivity index (χ1) is 15.7. The van der Waals surface area contributed by atoms with Crippen LogP contribution in [0.5, 0.6) is 5.75 Å². The van der Waals surface area contributed by atoms with Crippen LogP contribution in [-0.2, 0) is 19.6 Å². The second-order valence-electron chi connectivity index (χ2n) is 7.89. The van der Waals surface area contributed by atoms with Gasteiger partial charge < -0.3 is 15.4 Å². The van der Waals surface area contributed by atoms with Crippen molar-refractivity contribution in [2.45, 2.75) is 43.5 Å². The molecule has 2 aromatic carbocycles. The smallest absolute Gasteiger partial charge is 0.246 e. The minimum Gasteiger partial charge on any atom is -0.495 e. The van der Waals surface area contributed by atoms with Gasteiger partial charge in [-0.3, -0.25) is 9.59 Å². The number of benzene rings is 2. The van der Waals surface area contributed by atoms with E-state index in [4.69, 9.17) is 16.3 Å². The van der Waals surface area contributed by atoms with Gasteiger partial charge in [-0.25, -0.2) is 8.42 Å².